The van der Waals surface area contributed by atoms with Crippen LogP contribution in [0.2, 0.25) is 0 Å². The Labute approximate surface area is 115 Å². The van der Waals surface area contributed by atoms with Gasteiger partial charge in [-0.25, -0.2) is 4.98 Å². The molecule has 2 aromatic heterocycles. The SMILES string of the molecule is C=CC1CC(=O)N(c2nc(-c3ccccn3)cs2)C1. The maximum Gasteiger partial charge on any atom is 0.229 e. The summed E-state index contributed by atoms with van der Waals surface area (Å²) in [5, 5.41) is 2.68. The molecule has 0 radical (unpaired) electrons. The molecule has 96 valence electrons. The van der Waals surface area contributed by atoms with Crippen LogP contribution in [0, 0.1) is 5.92 Å². The maximum absolute atomic E-state index is 11.9. The lowest BCUT2D eigenvalue weighted by molar-refractivity contribution is -0.117. The third kappa shape index (κ3) is 2.29. The molecule has 3 heterocycles. The van der Waals surface area contributed by atoms with Crippen molar-refractivity contribution < 1.29 is 4.79 Å². The van der Waals surface area contributed by atoms with Gasteiger partial charge in [0, 0.05) is 30.5 Å². The first-order valence-electron chi connectivity index (χ1n) is 6.08. The number of rotatable bonds is 3. The predicted octanol–water partition coefficient (Wildman–Crippen LogP) is 2.74. The van der Waals surface area contributed by atoms with Gasteiger partial charge in [0.1, 0.15) is 5.69 Å². The van der Waals surface area contributed by atoms with Gasteiger partial charge in [0.15, 0.2) is 5.13 Å². The zero-order valence-corrected chi connectivity index (χ0v) is 11.1. The highest BCUT2D eigenvalue weighted by molar-refractivity contribution is 7.14. The van der Waals surface area contributed by atoms with Crippen LogP contribution in [0.1, 0.15) is 6.42 Å². The van der Waals surface area contributed by atoms with Gasteiger partial charge < -0.3 is 0 Å². The van der Waals surface area contributed by atoms with Gasteiger partial charge >= 0.3 is 0 Å². The molecule has 1 aliphatic rings. The molecular formula is C14H13N3OS. The standard InChI is InChI=1S/C14H13N3OS/c1-2-10-7-13(18)17(8-10)14-16-12(9-19-14)11-5-3-4-6-15-11/h2-6,9-10H,1,7-8H2. The highest BCUT2D eigenvalue weighted by Gasteiger charge is 2.30. The van der Waals surface area contributed by atoms with Crippen molar-refractivity contribution in [1.29, 1.82) is 0 Å². The largest absolute Gasteiger partial charge is 0.287 e. The summed E-state index contributed by atoms with van der Waals surface area (Å²) < 4.78 is 0. The minimum absolute atomic E-state index is 0.117. The van der Waals surface area contributed by atoms with Gasteiger partial charge in [-0.1, -0.05) is 12.1 Å². The van der Waals surface area contributed by atoms with Crippen LogP contribution in [0.5, 0.6) is 0 Å². The third-order valence-corrected chi connectivity index (χ3v) is 4.00. The van der Waals surface area contributed by atoms with Gasteiger partial charge in [-0.2, -0.15) is 0 Å². The van der Waals surface area contributed by atoms with Gasteiger partial charge in [0.2, 0.25) is 5.91 Å². The molecule has 0 spiro atoms. The highest BCUT2D eigenvalue weighted by atomic mass is 32.1. The first-order valence-corrected chi connectivity index (χ1v) is 6.96. The molecule has 1 unspecified atom stereocenters. The molecule has 0 N–H and O–H groups in total. The van der Waals surface area contributed by atoms with E-state index in [0.29, 0.717) is 13.0 Å². The van der Waals surface area contributed by atoms with E-state index < -0.39 is 0 Å². The van der Waals surface area contributed by atoms with Gasteiger partial charge in [-0.15, -0.1) is 17.9 Å². The highest BCUT2D eigenvalue weighted by Crippen LogP contribution is 2.31. The summed E-state index contributed by atoms with van der Waals surface area (Å²) in [7, 11) is 0. The first-order chi connectivity index (χ1) is 9.28. The number of aromatic nitrogens is 2. The Balaban J connectivity index is 1.86. The topological polar surface area (TPSA) is 46.1 Å². The van der Waals surface area contributed by atoms with Crippen molar-refractivity contribution in [2.45, 2.75) is 6.42 Å². The van der Waals surface area contributed by atoms with Crippen molar-refractivity contribution in [2.75, 3.05) is 11.4 Å². The molecule has 2 aromatic rings. The van der Waals surface area contributed by atoms with Crippen molar-refractivity contribution in [3.05, 3.63) is 42.4 Å². The number of anilines is 1. The second kappa shape index (κ2) is 4.93. The number of hydrogen-bond donors (Lipinski definition) is 0. The van der Waals surface area contributed by atoms with E-state index in [4.69, 9.17) is 0 Å². The van der Waals surface area contributed by atoms with Crippen molar-refractivity contribution in [3.63, 3.8) is 0 Å². The van der Waals surface area contributed by atoms with Crippen molar-refractivity contribution in [1.82, 2.24) is 9.97 Å². The van der Waals surface area contributed by atoms with E-state index in [0.717, 1.165) is 16.5 Å². The van der Waals surface area contributed by atoms with Crippen LogP contribution in [0.4, 0.5) is 5.13 Å². The summed E-state index contributed by atoms with van der Waals surface area (Å²) >= 11 is 1.48. The number of hydrogen-bond acceptors (Lipinski definition) is 4. The van der Waals surface area contributed by atoms with Crippen molar-refractivity contribution >= 4 is 22.4 Å². The molecular weight excluding hydrogens is 258 g/mol. The fourth-order valence-corrected chi connectivity index (χ4v) is 2.94. The molecule has 0 aliphatic carbocycles. The number of nitrogens with zero attached hydrogens (tertiary/aromatic N) is 3. The summed E-state index contributed by atoms with van der Waals surface area (Å²) in [6, 6.07) is 5.71. The van der Waals surface area contributed by atoms with Gasteiger partial charge in [-0.3, -0.25) is 14.7 Å². The Hall–Kier alpha value is -2.01. The number of carbonyl (C=O) groups is 1. The molecule has 5 heteroatoms. The van der Waals surface area contributed by atoms with Crippen LogP contribution in [-0.4, -0.2) is 22.4 Å². The van der Waals surface area contributed by atoms with E-state index >= 15 is 0 Å². The number of pyridine rings is 1. The van der Waals surface area contributed by atoms with Crippen LogP contribution in [-0.2, 0) is 4.79 Å². The molecule has 1 amide bonds. The van der Waals surface area contributed by atoms with E-state index in [2.05, 4.69) is 16.5 Å². The smallest absolute Gasteiger partial charge is 0.229 e. The Kier molecular flexibility index (Phi) is 3.13. The molecule has 19 heavy (non-hydrogen) atoms. The van der Waals surface area contributed by atoms with Crippen LogP contribution < -0.4 is 4.90 Å². The molecule has 4 nitrogen and oxygen atoms in total. The Morgan fingerprint density at radius 2 is 2.32 bits per heavy atom. The monoisotopic (exact) mass is 271 g/mol. The first kappa shape index (κ1) is 12.0. The van der Waals surface area contributed by atoms with E-state index in [1.807, 2.05) is 29.7 Å². The molecule has 0 saturated carbocycles. The Morgan fingerprint density at radius 1 is 1.42 bits per heavy atom. The summed E-state index contributed by atoms with van der Waals surface area (Å²) in [5.74, 6) is 0.349. The molecule has 1 fully saturated rings. The fourth-order valence-electron chi connectivity index (χ4n) is 2.10. The Bertz CT molecular complexity index is 608. The van der Waals surface area contributed by atoms with Crippen molar-refractivity contribution in [2.24, 2.45) is 5.92 Å². The second-order valence-corrected chi connectivity index (χ2v) is 5.27. The third-order valence-electron chi connectivity index (χ3n) is 3.14. The summed E-state index contributed by atoms with van der Waals surface area (Å²) in [5.41, 5.74) is 1.65. The van der Waals surface area contributed by atoms with E-state index in [-0.39, 0.29) is 11.8 Å². The van der Waals surface area contributed by atoms with E-state index in [1.54, 1.807) is 11.1 Å². The normalized spacial score (nSPS) is 18.8. The van der Waals surface area contributed by atoms with Crippen LogP contribution >= 0.6 is 11.3 Å². The molecule has 1 aliphatic heterocycles. The van der Waals surface area contributed by atoms with Gasteiger partial charge in [0.25, 0.3) is 0 Å². The predicted molar refractivity (Wildman–Crippen MR) is 76.0 cm³/mol. The van der Waals surface area contributed by atoms with Crippen molar-refractivity contribution in [3.8, 4) is 11.4 Å². The van der Waals surface area contributed by atoms with Gasteiger partial charge in [-0.05, 0) is 12.1 Å². The minimum Gasteiger partial charge on any atom is -0.287 e. The molecule has 0 aromatic carbocycles. The maximum atomic E-state index is 11.9. The average molecular weight is 271 g/mol. The summed E-state index contributed by atoms with van der Waals surface area (Å²) in [6.45, 7) is 4.43. The molecule has 1 saturated heterocycles. The molecule has 1 atom stereocenters. The van der Waals surface area contributed by atoms with Crippen LogP contribution in [0.15, 0.2) is 42.4 Å². The van der Waals surface area contributed by atoms with Crippen LogP contribution in [0.3, 0.4) is 0 Å². The van der Waals surface area contributed by atoms with E-state index in [1.165, 1.54) is 11.3 Å². The molecule has 0 bridgehead atoms. The fraction of sp³-hybridized carbons (Fsp3) is 0.214. The lowest BCUT2D eigenvalue weighted by Crippen LogP contribution is -2.24. The number of amides is 1. The lowest BCUT2D eigenvalue weighted by Gasteiger charge is -2.11. The van der Waals surface area contributed by atoms with E-state index in [9.17, 15) is 4.79 Å². The van der Waals surface area contributed by atoms with Crippen LogP contribution in [0.25, 0.3) is 11.4 Å². The number of carbonyl (C=O) groups excluding carboxylic acids is 1. The average Bonchev–Trinajstić information content (AvgIpc) is 3.06. The zero-order valence-electron chi connectivity index (χ0n) is 10.3. The summed E-state index contributed by atoms with van der Waals surface area (Å²) in [4.78, 5) is 22.4. The molecule has 3 rings (SSSR count). The summed E-state index contributed by atoms with van der Waals surface area (Å²) in [6.07, 6.45) is 4.11. The number of thiazole rings is 1. The lowest BCUT2D eigenvalue weighted by atomic mass is 10.1. The quantitative estimate of drug-likeness (QED) is 0.806. The second-order valence-electron chi connectivity index (χ2n) is 4.43. The Morgan fingerprint density at radius 3 is 3.00 bits per heavy atom. The van der Waals surface area contributed by atoms with Gasteiger partial charge in [0.05, 0.1) is 5.69 Å². The zero-order chi connectivity index (χ0) is 13.2. The minimum atomic E-state index is 0.117.